The predicted molar refractivity (Wildman–Crippen MR) is 125 cm³/mol. The van der Waals surface area contributed by atoms with Gasteiger partial charge in [0.05, 0.1) is 12.5 Å². The fourth-order valence-electron chi connectivity index (χ4n) is 4.29. The molecule has 1 fully saturated rings. The smallest absolute Gasteiger partial charge is 0.311 e. The van der Waals surface area contributed by atoms with Gasteiger partial charge in [-0.15, -0.1) is 0 Å². The molecule has 0 N–H and O–H groups in total. The average molecular weight is 424 g/mol. The van der Waals surface area contributed by atoms with Gasteiger partial charge in [0.1, 0.15) is 0 Å². The third-order valence-electron chi connectivity index (χ3n) is 6.32. The van der Waals surface area contributed by atoms with Crippen LogP contribution in [-0.4, -0.2) is 36.5 Å². The summed E-state index contributed by atoms with van der Waals surface area (Å²) in [5.74, 6) is -0.297. The molecule has 0 bridgehead atoms. The Morgan fingerprint density at radius 1 is 0.767 bits per heavy atom. The van der Waals surface area contributed by atoms with Crippen LogP contribution in [0.4, 0.5) is 0 Å². The van der Waals surface area contributed by atoms with E-state index < -0.39 is 0 Å². The van der Waals surface area contributed by atoms with Gasteiger partial charge in [-0.05, 0) is 12.8 Å². The summed E-state index contributed by atoms with van der Waals surface area (Å²) in [6.45, 7) is 6.26. The standard InChI is InChI=1S/C26H49NO3/c1-3-5-7-8-9-10-11-12-13-14-15-16-17-18-20-27-23-24(22-25(27)28)26(29)30-21-19-6-4-2/h24H,3-23H2,1-2H3. The Morgan fingerprint density at radius 3 is 1.77 bits per heavy atom. The van der Waals surface area contributed by atoms with E-state index in [1.807, 2.05) is 4.90 Å². The van der Waals surface area contributed by atoms with Crippen LogP contribution in [-0.2, 0) is 14.3 Å². The molecule has 176 valence electrons. The van der Waals surface area contributed by atoms with Crippen molar-refractivity contribution in [1.82, 2.24) is 4.90 Å². The Balaban J connectivity index is 1.92. The second-order valence-corrected chi connectivity index (χ2v) is 9.21. The Hall–Kier alpha value is -1.06. The van der Waals surface area contributed by atoms with Gasteiger partial charge in [-0.1, -0.05) is 110 Å². The van der Waals surface area contributed by atoms with E-state index in [0.29, 0.717) is 19.6 Å². The Morgan fingerprint density at radius 2 is 1.23 bits per heavy atom. The van der Waals surface area contributed by atoms with E-state index in [9.17, 15) is 9.59 Å². The van der Waals surface area contributed by atoms with Gasteiger partial charge >= 0.3 is 5.97 Å². The molecule has 1 aliphatic heterocycles. The lowest BCUT2D eigenvalue weighted by molar-refractivity contribution is -0.148. The minimum atomic E-state index is -0.245. The average Bonchev–Trinajstić information content (AvgIpc) is 3.12. The highest BCUT2D eigenvalue weighted by Gasteiger charge is 2.34. The Kier molecular flexibility index (Phi) is 16.8. The van der Waals surface area contributed by atoms with Gasteiger partial charge in [0.25, 0.3) is 0 Å². The summed E-state index contributed by atoms with van der Waals surface area (Å²) in [6, 6.07) is 0. The lowest BCUT2D eigenvalue weighted by Gasteiger charge is -2.16. The molecule has 0 aromatic rings. The third kappa shape index (κ3) is 13.3. The van der Waals surface area contributed by atoms with Crippen molar-refractivity contribution >= 4 is 11.9 Å². The van der Waals surface area contributed by atoms with Crippen molar-refractivity contribution in [1.29, 1.82) is 0 Å². The molecule has 0 saturated carbocycles. The van der Waals surface area contributed by atoms with Gasteiger partial charge in [0, 0.05) is 19.5 Å². The second-order valence-electron chi connectivity index (χ2n) is 9.21. The number of rotatable bonds is 20. The highest BCUT2D eigenvalue weighted by molar-refractivity contribution is 5.86. The highest BCUT2D eigenvalue weighted by atomic mass is 16.5. The number of hydrogen-bond acceptors (Lipinski definition) is 3. The molecule has 1 saturated heterocycles. The van der Waals surface area contributed by atoms with Crippen LogP contribution in [0.25, 0.3) is 0 Å². The van der Waals surface area contributed by atoms with E-state index in [1.54, 1.807) is 0 Å². The first kappa shape index (κ1) is 27.0. The van der Waals surface area contributed by atoms with Crippen LogP contribution in [0.1, 0.15) is 129 Å². The lowest BCUT2D eigenvalue weighted by atomic mass is 10.0. The van der Waals surface area contributed by atoms with Crippen molar-refractivity contribution in [2.45, 2.75) is 129 Å². The number of carbonyl (C=O) groups excluding carboxylic acids is 2. The Labute approximate surface area is 186 Å². The lowest BCUT2D eigenvalue weighted by Crippen LogP contribution is -2.27. The Bertz CT molecular complexity index is 438. The first-order valence-electron chi connectivity index (χ1n) is 13.1. The number of ether oxygens (including phenoxy) is 1. The number of amides is 1. The van der Waals surface area contributed by atoms with Gasteiger partial charge in [-0.2, -0.15) is 0 Å². The van der Waals surface area contributed by atoms with Gasteiger partial charge in [0.15, 0.2) is 0 Å². The number of likely N-dealkylation sites (tertiary alicyclic amines) is 1. The molecule has 1 unspecified atom stereocenters. The van der Waals surface area contributed by atoms with Crippen molar-refractivity contribution in [3.05, 3.63) is 0 Å². The predicted octanol–water partition coefficient (Wildman–Crippen LogP) is 7.05. The SMILES string of the molecule is CCCCCCCCCCCCCCCCN1CC(C(=O)OCCCCC)CC1=O. The van der Waals surface area contributed by atoms with Crippen LogP contribution in [0, 0.1) is 5.92 Å². The zero-order chi connectivity index (χ0) is 21.9. The summed E-state index contributed by atoms with van der Waals surface area (Å²) in [5, 5.41) is 0. The third-order valence-corrected chi connectivity index (χ3v) is 6.32. The van der Waals surface area contributed by atoms with Crippen LogP contribution in [0.3, 0.4) is 0 Å². The van der Waals surface area contributed by atoms with Crippen LogP contribution in [0.15, 0.2) is 0 Å². The summed E-state index contributed by atoms with van der Waals surface area (Å²) in [4.78, 5) is 26.1. The van der Waals surface area contributed by atoms with Gasteiger partial charge < -0.3 is 9.64 Å². The van der Waals surface area contributed by atoms with Crippen LogP contribution < -0.4 is 0 Å². The minimum Gasteiger partial charge on any atom is -0.465 e. The molecule has 0 aliphatic carbocycles. The molecule has 0 aromatic heterocycles. The summed E-state index contributed by atoms with van der Waals surface area (Å²) >= 11 is 0. The number of esters is 1. The topological polar surface area (TPSA) is 46.6 Å². The summed E-state index contributed by atoms with van der Waals surface area (Å²) < 4.78 is 5.33. The molecule has 0 spiro atoms. The molecule has 1 atom stereocenters. The van der Waals surface area contributed by atoms with E-state index in [-0.39, 0.29) is 17.8 Å². The maximum atomic E-state index is 12.1. The van der Waals surface area contributed by atoms with Crippen molar-refractivity contribution in [2.24, 2.45) is 5.92 Å². The van der Waals surface area contributed by atoms with Gasteiger partial charge in [0.2, 0.25) is 5.91 Å². The van der Waals surface area contributed by atoms with E-state index in [4.69, 9.17) is 4.74 Å². The maximum Gasteiger partial charge on any atom is 0.311 e. The van der Waals surface area contributed by atoms with Crippen LogP contribution in [0.5, 0.6) is 0 Å². The summed E-state index contributed by atoms with van der Waals surface area (Å²) in [5.41, 5.74) is 0. The molecule has 0 radical (unpaired) electrons. The van der Waals surface area contributed by atoms with Gasteiger partial charge in [-0.25, -0.2) is 0 Å². The summed E-state index contributed by atoms with van der Waals surface area (Å²) in [6.07, 6.45) is 22.2. The second kappa shape index (κ2) is 18.7. The monoisotopic (exact) mass is 423 g/mol. The van der Waals surface area contributed by atoms with Crippen LogP contribution >= 0.6 is 0 Å². The number of unbranched alkanes of at least 4 members (excludes halogenated alkanes) is 15. The zero-order valence-electron chi connectivity index (χ0n) is 20.1. The maximum absolute atomic E-state index is 12.1. The normalized spacial score (nSPS) is 16.4. The van der Waals surface area contributed by atoms with Crippen molar-refractivity contribution in [3.8, 4) is 0 Å². The molecule has 4 heteroatoms. The molecular formula is C26H49NO3. The fraction of sp³-hybridized carbons (Fsp3) is 0.923. The summed E-state index contributed by atoms with van der Waals surface area (Å²) in [7, 11) is 0. The first-order valence-corrected chi connectivity index (χ1v) is 13.1. The zero-order valence-corrected chi connectivity index (χ0v) is 20.1. The van der Waals surface area contributed by atoms with E-state index >= 15 is 0 Å². The molecule has 1 aliphatic rings. The largest absolute Gasteiger partial charge is 0.465 e. The van der Waals surface area contributed by atoms with E-state index in [1.165, 1.54) is 83.5 Å². The first-order chi connectivity index (χ1) is 14.7. The van der Waals surface area contributed by atoms with Crippen LogP contribution in [0.2, 0.25) is 0 Å². The van der Waals surface area contributed by atoms with E-state index in [2.05, 4.69) is 13.8 Å². The van der Waals surface area contributed by atoms with Crippen molar-refractivity contribution < 1.29 is 14.3 Å². The number of hydrogen-bond donors (Lipinski definition) is 0. The fourth-order valence-corrected chi connectivity index (χ4v) is 4.29. The van der Waals surface area contributed by atoms with Crippen molar-refractivity contribution in [2.75, 3.05) is 19.7 Å². The quantitative estimate of drug-likeness (QED) is 0.156. The van der Waals surface area contributed by atoms with Crippen molar-refractivity contribution in [3.63, 3.8) is 0 Å². The molecule has 1 rings (SSSR count). The number of carbonyl (C=O) groups is 2. The number of nitrogens with zero attached hydrogens (tertiary/aromatic N) is 1. The molecular weight excluding hydrogens is 374 g/mol. The molecule has 30 heavy (non-hydrogen) atoms. The molecule has 1 amide bonds. The molecule has 1 heterocycles. The highest BCUT2D eigenvalue weighted by Crippen LogP contribution is 2.20. The van der Waals surface area contributed by atoms with Gasteiger partial charge in [-0.3, -0.25) is 9.59 Å². The molecule has 0 aromatic carbocycles. The minimum absolute atomic E-state index is 0.125. The van der Waals surface area contributed by atoms with E-state index in [0.717, 1.165) is 32.2 Å². The molecule has 4 nitrogen and oxygen atoms in total.